The van der Waals surface area contributed by atoms with Gasteiger partial charge >= 0.3 is 12.0 Å². The zero-order valence-corrected chi connectivity index (χ0v) is 18.2. The molecule has 32 heavy (non-hydrogen) atoms. The molecule has 3 heterocycles. The van der Waals surface area contributed by atoms with E-state index in [1.807, 2.05) is 23.0 Å². The van der Waals surface area contributed by atoms with Crippen molar-refractivity contribution in [2.75, 3.05) is 11.9 Å². The Morgan fingerprint density at radius 3 is 2.78 bits per heavy atom. The molecule has 1 aliphatic carbocycles. The molecule has 2 amide bonds. The summed E-state index contributed by atoms with van der Waals surface area (Å²) in [6, 6.07) is 5.59. The van der Waals surface area contributed by atoms with Gasteiger partial charge in [0.15, 0.2) is 0 Å². The van der Waals surface area contributed by atoms with E-state index in [4.69, 9.17) is 4.74 Å². The summed E-state index contributed by atoms with van der Waals surface area (Å²) in [4.78, 5) is 32.1. The van der Waals surface area contributed by atoms with Gasteiger partial charge in [-0.1, -0.05) is 12.8 Å². The Hall–Kier alpha value is -3.49. The largest absolute Gasteiger partial charge is 0.466 e. The Kier molecular flexibility index (Phi) is 6.94. The number of anilines is 1. The van der Waals surface area contributed by atoms with E-state index in [1.165, 1.54) is 19.8 Å². The number of carbonyl (C=O) groups is 2. The second kappa shape index (κ2) is 10.2. The number of urea groups is 1. The van der Waals surface area contributed by atoms with Gasteiger partial charge in [0, 0.05) is 43.0 Å². The van der Waals surface area contributed by atoms with Crippen LogP contribution in [0.15, 0.2) is 36.8 Å². The normalized spacial score (nSPS) is 13.9. The van der Waals surface area contributed by atoms with Crippen molar-refractivity contribution >= 4 is 28.9 Å². The SMILES string of the molecule is CC(=O)OCCCCn1cc(-c2cnc3ccc(NC(=O)NC4CCCC4)nc3c2)cn1. The van der Waals surface area contributed by atoms with Gasteiger partial charge < -0.3 is 10.1 Å². The van der Waals surface area contributed by atoms with Gasteiger partial charge in [-0.2, -0.15) is 5.10 Å². The molecule has 0 spiro atoms. The van der Waals surface area contributed by atoms with Crippen molar-refractivity contribution in [1.82, 2.24) is 25.1 Å². The second-order valence-corrected chi connectivity index (χ2v) is 8.08. The van der Waals surface area contributed by atoms with Crippen molar-refractivity contribution < 1.29 is 14.3 Å². The number of aromatic nitrogens is 4. The van der Waals surface area contributed by atoms with Gasteiger partial charge in [-0.15, -0.1) is 0 Å². The summed E-state index contributed by atoms with van der Waals surface area (Å²) in [5.74, 6) is 0.243. The molecule has 0 aliphatic heterocycles. The first kappa shape index (κ1) is 21.7. The van der Waals surface area contributed by atoms with Gasteiger partial charge in [0.05, 0.1) is 23.8 Å². The number of carbonyl (C=O) groups excluding carboxylic acids is 2. The van der Waals surface area contributed by atoms with Gasteiger partial charge in [0.1, 0.15) is 5.82 Å². The maximum Gasteiger partial charge on any atom is 0.320 e. The lowest BCUT2D eigenvalue weighted by Crippen LogP contribution is -2.36. The molecule has 9 heteroatoms. The average Bonchev–Trinajstić information content (AvgIpc) is 3.45. The molecule has 1 fully saturated rings. The van der Waals surface area contributed by atoms with Gasteiger partial charge in [-0.3, -0.25) is 19.8 Å². The van der Waals surface area contributed by atoms with Crippen LogP contribution < -0.4 is 10.6 Å². The number of amides is 2. The fraction of sp³-hybridized carbons (Fsp3) is 0.435. The zero-order chi connectivity index (χ0) is 22.3. The average molecular weight is 437 g/mol. The number of fused-ring (bicyclic) bond motifs is 1. The number of rotatable bonds is 8. The third-order valence-corrected chi connectivity index (χ3v) is 5.52. The topological polar surface area (TPSA) is 111 Å². The minimum absolute atomic E-state index is 0.220. The summed E-state index contributed by atoms with van der Waals surface area (Å²) < 4.78 is 6.81. The second-order valence-electron chi connectivity index (χ2n) is 8.08. The van der Waals surface area contributed by atoms with E-state index in [9.17, 15) is 9.59 Å². The Labute approximate surface area is 186 Å². The van der Waals surface area contributed by atoms with Gasteiger partial charge in [0.2, 0.25) is 0 Å². The number of hydrogen-bond acceptors (Lipinski definition) is 6. The minimum atomic E-state index is -0.253. The predicted octanol–water partition coefficient (Wildman–Crippen LogP) is 3.90. The highest BCUT2D eigenvalue weighted by Crippen LogP contribution is 2.23. The van der Waals surface area contributed by atoms with E-state index in [0.717, 1.165) is 48.9 Å². The summed E-state index contributed by atoms with van der Waals surface area (Å²) in [6.45, 7) is 2.58. The quantitative estimate of drug-likeness (QED) is 0.409. The van der Waals surface area contributed by atoms with Crippen molar-refractivity contribution in [3.63, 3.8) is 0 Å². The molecule has 0 saturated heterocycles. The third kappa shape index (κ3) is 5.81. The monoisotopic (exact) mass is 436 g/mol. The van der Waals surface area contributed by atoms with Crippen LogP contribution in [-0.4, -0.2) is 44.4 Å². The molecule has 9 nitrogen and oxygen atoms in total. The minimum Gasteiger partial charge on any atom is -0.466 e. The molecule has 0 aromatic carbocycles. The van der Waals surface area contributed by atoms with Crippen molar-refractivity contribution in [2.24, 2.45) is 0 Å². The molecule has 0 atom stereocenters. The van der Waals surface area contributed by atoms with Crippen LogP contribution in [0.3, 0.4) is 0 Å². The van der Waals surface area contributed by atoms with Crippen LogP contribution in [0.25, 0.3) is 22.2 Å². The highest BCUT2D eigenvalue weighted by molar-refractivity contribution is 5.90. The Balaban J connectivity index is 1.38. The highest BCUT2D eigenvalue weighted by Gasteiger charge is 2.17. The smallest absolute Gasteiger partial charge is 0.320 e. The highest BCUT2D eigenvalue weighted by atomic mass is 16.5. The Morgan fingerprint density at radius 1 is 1.12 bits per heavy atom. The lowest BCUT2D eigenvalue weighted by molar-refractivity contribution is -0.141. The van der Waals surface area contributed by atoms with Crippen molar-refractivity contribution in [1.29, 1.82) is 0 Å². The molecule has 3 aromatic rings. The van der Waals surface area contributed by atoms with Crippen LogP contribution in [-0.2, 0) is 16.1 Å². The number of pyridine rings is 2. The standard InChI is InChI=1S/C23H28N6O3/c1-16(30)32-11-5-4-10-29-15-18(14-25-29)17-12-21-20(24-13-17)8-9-22(27-21)28-23(31)26-19-6-2-3-7-19/h8-9,12-15,19H,2-7,10-11H2,1H3,(H2,26,27,28,31). The number of unbranched alkanes of at least 4 members (excludes halogenated alkanes) is 1. The van der Waals surface area contributed by atoms with Crippen molar-refractivity contribution in [2.45, 2.75) is 58.0 Å². The van der Waals surface area contributed by atoms with E-state index in [1.54, 1.807) is 18.5 Å². The predicted molar refractivity (Wildman–Crippen MR) is 121 cm³/mol. The van der Waals surface area contributed by atoms with Crippen molar-refractivity contribution in [3.8, 4) is 11.1 Å². The molecule has 0 unspecified atom stereocenters. The van der Waals surface area contributed by atoms with Crippen molar-refractivity contribution in [3.05, 3.63) is 36.8 Å². The lowest BCUT2D eigenvalue weighted by atomic mass is 10.1. The van der Waals surface area contributed by atoms with Gasteiger partial charge in [0.25, 0.3) is 0 Å². The Bertz CT molecular complexity index is 1090. The van der Waals surface area contributed by atoms with Crippen LogP contribution in [0.2, 0.25) is 0 Å². The fourth-order valence-electron chi connectivity index (χ4n) is 3.87. The molecule has 4 rings (SSSR count). The molecule has 0 bridgehead atoms. The molecule has 168 valence electrons. The van der Waals surface area contributed by atoms with Crippen LogP contribution in [0.4, 0.5) is 10.6 Å². The number of esters is 1. The van der Waals surface area contributed by atoms with E-state index in [2.05, 4.69) is 25.7 Å². The maximum absolute atomic E-state index is 12.2. The molecular weight excluding hydrogens is 408 g/mol. The molecule has 3 aromatic heterocycles. The first-order valence-electron chi connectivity index (χ1n) is 11.1. The molecule has 2 N–H and O–H groups in total. The van der Waals surface area contributed by atoms with Gasteiger partial charge in [-0.05, 0) is 43.9 Å². The molecule has 1 aliphatic rings. The zero-order valence-electron chi connectivity index (χ0n) is 18.2. The number of ether oxygens (including phenoxy) is 1. The van der Waals surface area contributed by atoms with E-state index in [0.29, 0.717) is 17.9 Å². The van der Waals surface area contributed by atoms with E-state index < -0.39 is 0 Å². The Morgan fingerprint density at radius 2 is 1.97 bits per heavy atom. The third-order valence-electron chi connectivity index (χ3n) is 5.52. The number of nitrogens with zero attached hydrogens (tertiary/aromatic N) is 4. The molecule has 0 radical (unpaired) electrons. The number of nitrogens with one attached hydrogen (secondary N) is 2. The summed E-state index contributed by atoms with van der Waals surface area (Å²) in [5, 5.41) is 10.2. The van der Waals surface area contributed by atoms with Crippen LogP contribution in [0.5, 0.6) is 0 Å². The molecule has 1 saturated carbocycles. The van der Waals surface area contributed by atoms with Crippen LogP contribution >= 0.6 is 0 Å². The lowest BCUT2D eigenvalue weighted by Gasteiger charge is -2.12. The summed E-state index contributed by atoms with van der Waals surface area (Å²) in [5.41, 5.74) is 3.31. The number of aryl methyl sites for hydroxylation is 1. The summed E-state index contributed by atoms with van der Waals surface area (Å²) >= 11 is 0. The van der Waals surface area contributed by atoms with Crippen LogP contribution in [0.1, 0.15) is 45.4 Å². The number of hydrogen-bond donors (Lipinski definition) is 2. The maximum atomic E-state index is 12.2. The first-order valence-corrected chi connectivity index (χ1v) is 11.1. The van der Waals surface area contributed by atoms with Crippen LogP contribution in [0, 0.1) is 0 Å². The van der Waals surface area contributed by atoms with Gasteiger partial charge in [-0.25, -0.2) is 9.78 Å². The summed E-state index contributed by atoms with van der Waals surface area (Å²) in [7, 11) is 0. The first-order chi connectivity index (χ1) is 15.6. The van der Waals surface area contributed by atoms with E-state index in [-0.39, 0.29) is 18.0 Å². The molecular formula is C23H28N6O3. The fourth-order valence-corrected chi connectivity index (χ4v) is 3.87. The van der Waals surface area contributed by atoms with E-state index >= 15 is 0 Å². The summed E-state index contributed by atoms with van der Waals surface area (Å²) in [6.07, 6.45) is 11.6.